The number of hydrogen-bond donors (Lipinski definition) is 0. The molecule has 0 aliphatic carbocycles. The summed E-state index contributed by atoms with van der Waals surface area (Å²) in [6.07, 6.45) is 0. The van der Waals surface area contributed by atoms with E-state index in [-0.39, 0.29) is 0 Å². The maximum atomic E-state index is 5.33. The minimum Gasteiger partial charge on any atom is -0.481 e. The van der Waals surface area contributed by atoms with Crippen molar-refractivity contribution >= 4 is 0 Å². The molecule has 1 rings (SSSR count). The Labute approximate surface area is 56.1 Å². The van der Waals surface area contributed by atoms with Crippen molar-refractivity contribution in [3.05, 3.63) is 11.3 Å². The van der Waals surface area contributed by atoms with Gasteiger partial charge in [-0.15, -0.1) is 0 Å². The summed E-state index contributed by atoms with van der Waals surface area (Å²) in [7, 11) is 2.05. The van der Waals surface area contributed by atoms with Crippen LogP contribution in [0.2, 0.25) is 0 Å². The van der Waals surface area contributed by atoms with Crippen LogP contribution < -0.4 is 0 Å². The predicted octanol–water partition coefficient (Wildman–Crippen LogP) is 1.20. The summed E-state index contributed by atoms with van der Waals surface area (Å²) in [5.74, 6) is 1.14. The molecule has 0 aromatic heterocycles. The van der Waals surface area contributed by atoms with Crippen LogP contribution in [-0.4, -0.2) is 25.2 Å². The Bertz CT molecular complexity index is 136. The summed E-state index contributed by atoms with van der Waals surface area (Å²) in [6.45, 7) is 5.88. The van der Waals surface area contributed by atoms with Gasteiger partial charge in [0.25, 0.3) is 0 Å². The number of likely N-dealkylation sites (N-methyl/N-ethyl adjacent to an activating group) is 1. The van der Waals surface area contributed by atoms with Gasteiger partial charge in [0.15, 0.2) is 0 Å². The molecule has 1 aliphatic heterocycles. The molecule has 1 fully saturated rings. The van der Waals surface area contributed by atoms with Crippen molar-refractivity contribution in [2.75, 3.05) is 20.3 Å². The summed E-state index contributed by atoms with van der Waals surface area (Å²) in [5.41, 5.74) is 1.29. The second kappa shape index (κ2) is 2.40. The van der Waals surface area contributed by atoms with E-state index >= 15 is 0 Å². The number of ether oxygens (including phenoxy) is 1. The van der Waals surface area contributed by atoms with Gasteiger partial charge in [0.1, 0.15) is 12.5 Å². The van der Waals surface area contributed by atoms with Gasteiger partial charge in [-0.1, -0.05) is 0 Å². The van der Waals surface area contributed by atoms with E-state index in [2.05, 4.69) is 25.8 Å². The highest BCUT2D eigenvalue weighted by atomic mass is 16.5. The number of allylic oxidation sites excluding steroid dienone is 1. The first kappa shape index (κ1) is 6.62. The molecule has 0 bridgehead atoms. The maximum absolute atomic E-state index is 5.33. The van der Waals surface area contributed by atoms with Crippen LogP contribution in [-0.2, 0) is 4.74 Å². The van der Waals surface area contributed by atoms with Crippen LogP contribution in [0.4, 0.5) is 0 Å². The first-order valence-corrected chi connectivity index (χ1v) is 3.18. The highest BCUT2D eigenvalue weighted by Crippen LogP contribution is 2.12. The predicted molar refractivity (Wildman–Crippen MR) is 37.0 cm³/mol. The van der Waals surface area contributed by atoms with E-state index in [9.17, 15) is 0 Å². The molecule has 0 atom stereocenters. The lowest BCUT2D eigenvalue weighted by atomic mass is 10.3. The molecule has 0 spiro atoms. The first-order valence-electron chi connectivity index (χ1n) is 3.18. The van der Waals surface area contributed by atoms with Gasteiger partial charge in [-0.05, 0) is 26.5 Å². The topological polar surface area (TPSA) is 12.5 Å². The minimum atomic E-state index is 0.751. The minimum absolute atomic E-state index is 0.751. The second-order valence-corrected chi connectivity index (χ2v) is 2.71. The van der Waals surface area contributed by atoms with Crippen molar-refractivity contribution in [1.29, 1.82) is 0 Å². The Morgan fingerprint density at radius 3 is 2.44 bits per heavy atom. The monoisotopic (exact) mass is 127 g/mol. The molecule has 9 heavy (non-hydrogen) atoms. The lowest BCUT2D eigenvalue weighted by molar-refractivity contribution is 0.187. The van der Waals surface area contributed by atoms with Crippen LogP contribution in [0.5, 0.6) is 0 Å². The molecule has 0 radical (unpaired) electrons. The molecular formula is C7H13NO. The zero-order chi connectivity index (χ0) is 6.85. The number of hydrogen-bond acceptors (Lipinski definition) is 2. The van der Waals surface area contributed by atoms with Crippen molar-refractivity contribution in [2.24, 2.45) is 0 Å². The smallest absolute Gasteiger partial charge is 0.141 e. The normalized spacial score (nSPS) is 20.1. The van der Waals surface area contributed by atoms with Gasteiger partial charge in [0.05, 0.1) is 6.54 Å². The van der Waals surface area contributed by atoms with Crippen LogP contribution in [0.15, 0.2) is 11.3 Å². The van der Waals surface area contributed by atoms with E-state index < -0.39 is 0 Å². The summed E-state index contributed by atoms with van der Waals surface area (Å²) in [5, 5.41) is 0. The van der Waals surface area contributed by atoms with E-state index in [4.69, 9.17) is 4.74 Å². The molecule has 0 N–H and O–H groups in total. The number of nitrogens with zero attached hydrogens (tertiary/aromatic N) is 1. The molecule has 0 aromatic rings. The van der Waals surface area contributed by atoms with Crippen molar-refractivity contribution in [1.82, 2.24) is 4.90 Å². The fraction of sp³-hybridized carbons (Fsp3) is 0.714. The fourth-order valence-corrected chi connectivity index (χ4v) is 0.827. The summed E-state index contributed by atoms with van der Waals surface area (Å²) < 4.78 is 5.33. The second-order valence-electron chi connectivity index (χ2n) is 2.71. The average Bonchev–Trinajstić information content (AvgIpc) is 2.14. The summed E-state index contributed by atoms with van der Waals surface area (Å²) >= 11 is 0. The van der Waals surface area contributed by atoms with E-state index in [0.717, 1.165) is 19.0 Å². The molecule has 0 saturated carbocycles. The number of rotatable bonds is 0. The molecule has 1 aliphatic rings. The Hall–Kier alpha value is -0.500. The molecule has 1 heterocycles. The quantitative estimate of drug-likeness (QED) is 0.485. The first-order chi connectivity index (χ1) is 4.20. The van der Waals surface area contributed by atoms with Gasteiger partial charge in [-0.2, -0.15) is 0 Å². The zero-order valence-electron chi connectivity index (χ0n) is 6.27. The van der Waals surface area contributed by atoms with Crippen molar-refractivity contribution in [3.63, 3.8) is 0 Å². The molecule has 1 saturated heterocycles. The van der Waals surface area contributed by atoms with E-state index in [0.29, 0.717) is 0 Å². The van der Waals surface area contributed by atoms with Crippen molar-refractivity contribution in [2.45, 2.75) is 13.8 Å². The van der Waals surface area contributed by atoms with Crippen molar-refractivity contribution < 1.29 is 4.74 Å². The van der Waals surface area contributed by atoms with Crippen LogP contribution in [0, 0.1) is 0 Å². The fourth-order valence-electron chi connectivity index (χ4n) is 0.827. The van der Waals surface area contributed by atoms with Crippen LogP contribution in [0.3, 0.4) is 0 Å². The van der Waals surface area contributed by atoms with Gasteiger partial charge >= 0.3 is 0 Å². The summed E-state index contributed by atoms with van der Waals surface area (Å²) in [6, 6.07) is 0. The third-order valence-corrected chi connectivity index (χ3v) is 1.43. The van der Waals surface area contributed by atoms with Crippen LogP contribution >= 0.6 is 0 Å². The molecule has 52 valence electrons. The molecular weight excluding hydrogens is 114 g/mol. The standard InChI is InChI=1S/C7H13NO/c1-6(2)7-4-8(3)5-9-7/h4-5H2,1-3H3. The summed E-state index contributed by atoms with van der Waals surface area (Å²) in [4.78, 5) is 2.14. The largest absolute Gasteiger partial charge is 0.481 e. The lowest BCUT2D eigenvalue weighted by Crippen LogP contribution is -2.11. The highest BCUT2D eigenvalue weighted by Gasteiger charge is 2.13. The average molecular weight is 127 g/mol. The van der Waals surface area contributed by atoms with E-state index in [1.807, 2.05) is 0 Å². The third kappa shape index (κ3) is 1.45. The van der Waals surface area contributed by atoms with Gasteiger partial charge < -0.3 is 4.74 Å². The lowest BCUT2D eigenvalue weighted by Gasteiger charge is -1.97. The van der Waals surface area contributed by atoms with Gasteiger partial charge in [0, 0.05) is 0 Å². The van der Waals surface area contributed by atoms with Crippen molar-refractivity contribution in [3.8, 4) is 0 Å². The Balaban J connectivity index is 2.58. The Kier molecular flexibility index (Phi) is 1.76. The van der Waals surface area contributed by atoms with Crippen LogP contribution in [0.1, 0.15) is 13.8 Å². The molecule has 2 heteroatoms. The Morgan fingerprint density at radius 2 is 2.22 bits per heavy atom. The highest BCUT2D eigenvalue weighted by molar-refractivity contribution is 5.06. The van der Waals surface area contributed by atoms with Crippen LogP contribution in [0.25, 0.3) is 0 Å². The maximum Gasteiger partial charge on any atom is 0.141 e. The molecule has 0 amide bonds. The Morgan fingerprint density at radius 1 is 1.56 bits per heavy atom. The van der Waals surface area contributed by atoms with Gasteiger partial charge in [-0.3, -0.25) is 4.90 Å². The third-order valence-electron chi connectivity index (χ3n) is 1.43. The van der Waals surface area contributed by atoms with E-state index in [1.165, 1.54) is 5.57 Å². The molecule has 0 unspecified atom stereocenters. The molecule has 0 aromatic carbocycles. The molecule has 2 nitrogen and oxygen atoms in total. The van der Waals surface area contributed by atoms with Gasteiger partial charge in [-0.25, -0.2) is 0 Å². The zero-order valence-corrected chi connectivity index (χ0v) is 6.27. The van der Waals surface area contributed by atoms with E-state index in [1.54, 1.807) is 0 Å². The SMILES string of the molecule is CC(C)=C1CN(C)CO1. The van der Waals surface area contributed by atoms with Gasteiger partial charge in [0.2, 0.25) is 0 Å².